The third kappa shape index (κ3) is 27.2. The molecular weight excluding hydrogens is 400 g/mol. The Bertz CT molecular complexity index is 312. The van der Waals surface area contributed by atoms with Crippen LogP contribution in [0.15, 0.2) is 0 Å². The summed E-state index contributed by atoms with van der Waals surface area (Å²) in [4.78, 5) is 8.33. The average Bonchev–Trinajstić information content (AvgIpc) is 2.76. The van der Waals surface area contributed by atoms with Crippen LogP contribution in [0.1, 0.15) is 119 Å². The minimum absolute atomic E-state index is 1.32. The van der Waals surface area contributed by atoms with Crippen molar-refractivity contribution in [1.82, 2.24) is 0 Å². The topological polar surface area (TPSA) is 63.2 Å². The minimum atomic E-state index is -2.33. The molecule has 0 saturated carbocycles. The van der Waals surface area contributed by atoms with Crippen molar-refractivity contribution in [3.63, 3.8) is 0 Å². The highest BCUT2D eigenvalue weighted by atomic mass is 16.6. The SMILES string of the molecule is CCCC[N+](C)(CCCC)CCCC.CCCC[N+](C)(CCCC)CCCC.O=C([O-])[O-]. The highest BCUT2D eigenvalue weighted by Crippen LogP contribution is 2.11. The van der Waals surface area contributed by atoms with Crippen molar-refractivity contribution < 1.29 is 24.0 Å². The molecule has 32 heavy (non-hydrogen) atoms. The third-order valence-corrected chi connectivity index (χ3v) is 6.31. The highest BCUT2D eigenvalue weighted by Gasteiger charge is 2.19. The molecule has 0 rings (SSSR count). The summed E-state index contributed by atoms with van der Waals surface area (Å²) in [7, 11) is 4.89. The largest absolute Gasteiger partial charge is 0.652 e. The van der Waals surface area contributed by atoms with E-state index in [9.17, 15) is 0 Å². The molecule has 0 aromatic carbocycles. The van der Waals surface area contributed by atoms with Crippen LogP contribution in [0, 0.1) is 0 Å². The summed E-state index contributed by atoms with van der Waals surface area (Å²) in [5.41, 5.74) is 0. The van der Waals surface area contributed by atoms with Crippen molar-refractivity contribution in [2.24, 2.45) is 0 Å². The van der Waals surface area contributed by atoms with Gasteiger partial charge in [-0.3, -0.25) is 0 Å². The van der Waals surface area contributed by atoms with Gasteiger partial charge in [-0.2, -0.15) is 0 Å². The summed E-state index contributed by atoms with van der Waals surface area (Å²) < 4.78 is 2.63. The monoisotopic (exact) mass is 460 g/mol. The van der Waals surface area contributed by atoms with E-state index < -0.39 is 6.16 Å². The smallest absolute Gasteiger partial charge is 0.0784 e. The summed E-state index contributed by atoms with van der Waals surface area (Å²) >= 11 is 0. The molecule has 0 spiro atoms. The summed E-state index contributed by atoms with van der Waals surface area (Å²) in [6.07, 6.45) is 14.1. The standard InChI is InChI=1S/2C13H30N.CH2O3/c2*1-5-8-11-14(4,12-9-6-2)13-10-7-3;2-1(3)4/h2*5-13H2,1-4H3;(H2,2,3,4)/q2*+1;/p-2. The molecule has 0 fully saturated rings. The van der Waals surface area contributed by atoms with Crippen LogP contribution < -0.4 is 10.2 Å². The van der Waals surface area contributed by atoms with Crippen molar-refractivity contribution in [1.29, 1.82) is 0 Å². The molecule has 0 aromatic rings. The van der Waals surface area contributed by atoms with Gasteiger partial charge in [0, 0.05) is 0 Å². The second-order valence-electron chi connectivity index (χ2n) is 9.95. The molecule has 5 heteroatoms. The molecule has 0 amide bonds. The van der Waals surface area contributed by atoms with Gasteiger partial charge in [0.2, 0.25) is 0 Å². The van der Waals surface area contributed by atoms with Gasteiger partial charge in [-0.1, -0.05) is 80.1 Å². The first-order chi connectivity index (χ1) is 15.1. The molecular formula is C27H60N2O3. The van der Waals surface area contributed by atoms with Gasteiger partial charge in [0.05, 0.1) is 53.4 Å². The lowest BCUT2D eigenvalue weighted by atomic mass is 10.2. The van der Waals surface area contributed by atoms with Crippen LogP contribution in [0.3, 0.4) is 0 Å². The molecule has 196 valence electrons. The summed E-state index contributed by atoms with van der Waals surface area (Å²) in [6.45, 7) is 22.1. The van der Waals surface area contributed by atoms with Crippen LogP contribution in [-0.4, -0.2) is 68.5 Å². The van der Waals surface area contributed by atoms with Crippen LogP contribution >= 0.6 is 0 Å². The Morgan fingerprint density at radius 1 is 0.469 bits per heavy atom. The Morgan fingerprint density at radius 3 is 0.688 bits per heavy atom. The summed E-state index contributed by atoms with van der Waals surface area (Å²) in [5, 5.41) is 16.7. The van der Waals surface area contributed by atoms with Crippen molar-refractivity contribution in [3.05, 3.63) is 0 Å². The number of unbranched alkanes of at least 4 members (excludes halogenated alkanes) is 6. The predicted molar refractivity (Wildman–Crippen MR) is 136 cm³/mol. The van der Waals surface area contributed by atoms with Crippen LogP contribution in [0.4, 0.5) is 4.79 Å². The van der Waals surface area contributed by atoms with E-state index in [1.165, 1.54) is 125 Å². The van der Waals surface area contributed by atoms with Crippen molar-refractivity contribution in [2.75, 3.05) is 53.4 Å². The van der Waals surface area contributed by atoms with E-state index in [0.29, 0.717) is 0 Å². The van der Waals surface area contributed by atoms with Gasteiger partial charge >= 0.3 is 0 Å². The van der Waals surface area contributed by atoms with Gasteiger partial charge in [0.1, 0.15) is 0 Å². The molecule has 0 aliphatic rings. The summed E-state index contributed by atoms with van der Waals surface area (Å²) in [5.74, 6) is 0. The average molecular weight is 461 g/mol. The fraction of sp³-hybridized carbons (Fsp3) is 0.963. The third-order valence-electron chi connectivity index (χ3n) is 6.31. The molecule has 0 radical (unpaired) electrons. The van der Waals surface area contributed by atoms with E-state index >= 15 is 0 Å². The quantitative estimate of drug-likeness (QED) is 0.263. The van der Waals surface area contributed by atoms with Gasteiger partial charge in [-0.15, -0.1) is 0 Å². The Kier molecular flexibility index (Phi) is 27.8. The minimum Gasteiger partial charge on any atom is -0.652 e. The first-order valence-corrected chi connectivity index (χ1v) is 13.6. The summed E-state index contributed by atoms with van der Waals surface area (Å²) in [6, 6.07) is 0. The second-order valence-corrected chi connectivity index (χ2v) is 9.95. The van der Waals surface area contributed by atoms with E-state index in [1.807, 2.05) is 0 Å². The maximum Gasteiger partial charge on any atom is 0.0784 e. The number of carbonyl (C=O) groups is 1. The molecule has 0 aromatic heterocycles. The zero-order valence-electron chi connectivity index (χ0n) is 23.3. The van der Waals surface area contributed by atoms with Gasteiger partial charge in [-0.25, -0.2) is 0 Å². The van der Waals surface area contributed by atoms with Crippen molar-refractivity contribution in [3.8, 4) is 0 Å². The number of carbonyl (C=O) groups excluding carboxylic acids is 1. The maximum atomic E-state index is 8.33. The number of carboxylic acid groups (broad SMARTS) is 2. The number of hydrogen-bond donors (Lipinski definition) is 0. The first kappa shape index (κ1) is 35.8. The lowest BCUT2D eigenvalue weighted by molar-refractivity contribution is -0.910. The second kappa shape index (κ2) is 24.8. The molecule has 0 saturated heterocycles. The van der Waals surface area contributed by atoms with Gasteiger partial charge in [-0.05, 0) is 44.7 Å². The van der Waals surface area contributed by atoms with Crippen LogP contribution in [0.2, 0.25) is 0 Å². The molecule has 0 unspecified atom stereocenters. The molecule has 0 atom stereocenters. The van der Waals surface area contributed by atoms with Crippen LogP contribution in [0.25, 0.3) is 0 Å². The zero-order valence-corrected chi connectivity index (χ0v) is 23.3. The molecule has 0 heterocycles. The molecule has 5 nitrogen and oxygen atoms in total. The highest BCUT2D eigenvalue weighted by molar-refractivity contribution is 5.47. The normalized spacial score (nSPS) is 11.2. The van der Waals surface area contributed by atoms with Crippen LogP contribution in [-0.2, 0) is 0 Å². The lowest BCUT2D eigenvalue weighted by Gasteiger charge is -2.34. The van der Waals surface area contributed by atoms with Crippen molar-refractivity contribution in [2.45, 2.75) is 119 Å². The lowest BCUT2D eigenvalue weighted by Crippen LogP contribution is -2.46. The van der Waals surface area contributed by atoms with Gasteiger partial charge < -0.3 is 24.0 Å². The van der Waals surface area contributed by atoms with E-state index in [1.54, 1.807) is 0 Å². The molecule has 0 N–H and O–H groups in total. The van der Waals surface area contributed by atoms with E-state index in [2.05, 4.69) is 55.6 Å². The first-order valence-electron chi connectivity index (χ1n) is 13.6. The number of nitrogens with zero attached hydrogens (tertiary/aromatic N) is 2. The molecule has 0 aliphatic heterocycles. The Balaban J connectivity index is -0.000000450. The molecule has 0 bridgehead atoms. The Morgan fingerprint density at radius 2 is 0.594 bits per heavy atom. The number of quaternary nitrogens is 2. The van der Waals surface area contributed by atoms with Gasteiger partial charge in [0.15, 0.2) is 0 Å². The fourth-order valence-electron chi connectivity index (χ4n) is 3.91. The van der Waals surface area contributed by atoms with Crippen molar-refractivity contribution >= 4 is 6.16 Å². The van der Waals surface area contributed by atoms with E-state index in [4.69, 9.17) is 15.0 Å². The Labute approximate surface area is 202 Å². The van der Waals surface area contributed by atoms with E-state index in [0.717, 1.165) is 0 Å². The zero-order chi connectivity index (χ0) is 25.3. The predicted octanol–water partition coefficient (Wildman–Crippen LogP) is 5.22. The number of hydrogen-bond acceptors (Lipinski definition) is 3. The molecule has 0 aliphatic carbocycles. The maximum absolute atomic E-state index is 8.33. The number of rotatable bonds is 18. The van der Waals surface area contributed by atoms with Gasteiger partial charge in [0.25, 0.3) is 0 Å². The Hall–Kier alpha value is -0.810. The fourth-order valence-corrected chi connectivity index (χ4v) is 3.91. The van der Waals surface area contributed by atoms with E-state index in [-0.39, 0.29) is 0 Å². The van der Waals surface area contributed by atoms with Crippen LogP contribution in [0.5, 0.6) is 0 Å².